The molecule has 2 heteroatoms. The Kier molecular flexibility index (Phi) is 1.98. The molecule has 0 spiro atoms. The Labute approximate surface area is 79.9 Å². The number of nitrogens with one attached hydrogen (secondary N) is 1. The van der Waals surface area contributed by atoms with Crippen molar-refractivity contribution in [2.24, 2.45) is 11.8 Å². The standard InChI is InChI=1S/C9H10N2.C2H6.H2/c1-5-7-2-6(7)3-8-9(5)11-4-10-8;1-2;/h3-4,6-7H,2H2,1H3,(H,10,11);1-2H3;1H. The average molecular weight is 178 g/mol. The number of rotatable bonds is 0. The van der Waals surface area contributed by atoms with Crippen LogP contribution in [0.15, 0.2) is 6.33 Å². The maximum absolute atomic E-state index is 4.29. The molecule has 13 heavy (non-hydrogen) atoms. The first-order valence-electron chi connectivity index (χ1n) is 5.08. The molecule has 0 aliphatic heterocycles. The topological polar surface area (TPSA) is 28.7 Å². The lowest BCUT2D eigenvalue weighted by Crippen LogP contribution is -2.29. The zero-order valence-electron chi connectivity index (χ0n) is 8.46. The van der Waals surface area contributed by atoms with Gasteiger partial charge in [0.1, 0.15) is 0 Å². The summed E-state index contributed by atoms with van der Waals surface area (Å²) in [5.74, 6) is 1.65. The Balaban J connectivity index is 0.000000309. The van der Waals surface area contributed by atoms with E-state index in [1.807, 2.05) is 13.8 Å². The molecule has 1 aromatic heterocycles. The number of hydrogen-bond acceptors (Lipinski definition) is 1. The van der Waals surface area contributed by atoms with Gasteiger partial charge in [0.05, 0.1) is 17.0 Å². The third-order valence-corrected chi connectivity index (χ3v) is 2.82. The van der Waals surface area contributed by atoms with Crippen LogP contribution >= 0.6 is 0 Å². The maximum Gasteiger partial charge on any atom is 0.0931 e. The van der Waals surface area contributed by atoms with E-state index in [9.17, 15) is 0 Å². The first kappa shape index (κ1) is 8.54. The monoisotopic (exact) mass is 178 g/mol. The van der Waals surface area contributed by atoms with Gasteiger partial charge in [0.25, 0.3) is 0 Å². The van der Waals surface area contributed by atoms with Crippen LogP contribution in [-0.2, 0) is 0 Å². The van der Waals surface area contributed by atoms with Crippen molar-refractivity contribution < 1.29 is 1.43 Å². The van der Waals surface area contributed by atoms with Crippen LogP contribution in [0.4, 0.5) is 0 Å². The fourth-order valence-electron chi connectivity index (χ4n) is 2.03. The number of hydrogen-bond donors (Lipinski definition) is 1. The number of H-pyrrole nitrogens is 1. The molecule has 1 fully saturated rings. The zero-order chi connectivity index (χ0) is 9.42. The minimum absolute atomic E-state index is 0. The highest BCUT2D eigenvalue weighted by molar-refractivity contribution is 5.56. The van der Waals surface area contributed by atoms with Crippen molar-refractivity contribution in [2.75, 3.05) is 0 Å². The predicted molar refractivity (Wildman–Crippen MR) is 56.4 cm³/mol. The highest BCUT2D eigenvalue weighted by Crippen LogP contribution is 2.46. The molecule has 3 rings (SSSR count). The second kappa shape index (κ2) is 3.02. The third-order valence-electron chi connectivity index (χ3n) is 2.82. The van der Waals surface area contributed by atoms with Crippen molar-refractivity contribution in [2.45, 2.75) is 27.2 Å². The van der Waals surface area contributed by atoms with Crippen molar-refractivity contribution >= 4 is 11.6 Å². The third kappa shape index (κ3) is 1.21. The van der Waals surface area contributed by atoms with Crippen LogP contribution in [0.2, 0.25) is 0 Å². The van der Waals surface area contributed by atoms with Crippen LogP contribution in [0.25, 0.3) is 11.6 Å². The molecule has 2 nitrogen and oxygen atoms in total. The number of fused-ring (bicyclic) bond motifs is 2. The molecule has 0 aromatic carbocycles. The molecule has 1 aromatic rings. The largest absolute Gasteiger partial charge is 0.345 e. The number of aromatic nitrogens is 2. The lowest BCUT2D eigenvalue weighted by atomic mass is 10.1. The van der Waals surface area contributed by atoms with Gasteiger partial charge in [-0.1, -0.05) is 19.9 Å². The molecule has 2 aliphatic carbocycles. The Morgan fingerprint density at radius 3 is 3.08 bits per heavy atom. The molecule has 1 heterocycles. The molecule has 0 radical (unpaired) electrons. The Bertz CT molecular complexity index is 419. The summed E-state index contributed by atoms with van der Waals surface area (Å²) in [5.41, 5.74) is 1.48. The van der Waals surface area contributed by atoms with Gasteiger partial charge in [0.15, 0.2) is 0 Å². The minimum atomic E-state index is 0. The lowest BCUT2D eigenvalue weighted by Gasteiger charge is -1.98. The first-order valence-corrected chi connectivity index (χ1v) is 5.08. The predicted octanol–water partition coefficient (Wildman–Crippen LogP) is 1.28. The van der Waals surface area contributed by atoms with E-state index in [0.29, 0.717) is 0 Å². The van der Waals surface area contributed by atoms with E-state index in [0.717, 1.165) is 11.8 Å². The smallest absolute Gasteiger partial charge is 0.0931 e. The highest BCUT2D eigenvalue weighted by atomic mass is 14.9. The molecule has 0 bridgehead atoms. The van der Waals surface area contributed by atoms with Crippen molar-refractivity contribution in [3.8, 4) is 0 Å². The maximum atomic E-state index is 4.29. The Morgan fingerprint density at radius 2 is 2.31 bits per heavy atom. The van der Waals surface area contributed by atoms with Crippen LogP contribution in [-0.4, -0.2) is 9.97 Å². The summed E-state index contributed by atoms with van der Waals surface area (Å²) < 4.78 is 0. The van der Waals surface area contributed by atoms with E-state index < -0.39 is 0 Å². The van der Waals surface area contributed by atoms with E-state index >= 15 is 0 Å². The van der Waals surface area contributed by atoms with Gasteiger partial charge < -0.3 is 4.98 Å². The van der Waals surface area contributed by atoms with Crippen LogP contribution in [0, 0.1) is 11.8 Å². The van der Waals surface area contributed by atoms with E-state index in [1.165, 1.54) is 22.7 Å². The fraction of sp³-hybridized carbons (Fsp3) is 0.545. The molecule has 0 saturated heterocycles. The molecule has 1 N–H and O–H groups in total. The summed E-state index contributed by atoms with van der Waals surface area (Å²) in [4.78, 5) is 7.45. The van der Waals surface area contributed by atoms with Gasteiger partial charge in [-0.2, -0.15) is 0 Å². The lowest BCUT2D eigenvalue weighted by molar-refractivity contribution is 0.994. The van der Waals surface area contributed by atoms with E-state index in [4.69, 9.17) is 0 Å². The molecule has 2 aliphatic rings. The SMILES string of the molecule is CC.CC1=c2nc[nH]c2=CC2CC12.[HH]. The first-order chi connectivity index (χ1) is 6.36. The van der Waals surface area contributed by atoms with Crippen molar-refractivity contribution in [1.82, 2.24) is 9.97 Å². The van der Waals surface area contributed by atoms with Gasteiger partial charge in [0.2, 0.25) is 0 Å². The second-order valence-electron chi connectivity index (χ2n) is 3.52. The summed E-state index contributed by atoms with van der Waals surface area (Å²) in [6, 6.07) is 0. The Morgan fingerprint density at radius 1 is 1.54 bits per heavy atom. The van der Waals surface area contributed by atoms with Crippen LogP contribution in [0.3, 0.4) is 0 Å². The molecule has 2 unspecified atom stereocenters. The van der Waals surface area contributed by atoms with E-state index in [2.05, 4.69) is 23.0 Å². The summed E-state index contributed by atoms with van der Waals surface area (Å²) in [6.45, 7) is 6.21. The fourth-order valence-corrected chi connectivity index (χ4v) is 2.03. The van der Waals surface area contributed by atoms with Crippen LogP contribution in [0.5, 0.6) is 0 Å². The zero-order valence-corrected chi connectivity index (χ0v) is 8.46. The van der Waals surface area contributed by atoms with Gasteiger partial charge in [0, 0.05) is 1.43 Å². The normalized spacial score (nSPS) is 27.8. The van der Waals surface area contributed by atoms with Crippen molar-refractivity contribution in [3.63, 3.8) is 0 Å². The molecular formula is C11H18N2. The molecule has 72 valence electrons. The van der Waals surface area contributed by atoms with Gasteiger partial charge in [-0.3, -0.25) is 0 Å². The van der Waals surface area contributed by atoms with Gasteiger partial charge in [-0.15, -0.1) is 0 Å². The second-order valence-corrected chi connectivity index (χ2v) is 3.52. The minimum Gasteiger partial charge on any atom is -0.345 e. The van der Waals surface area contributed by atoms with E-state index in [-0.39, 0.29) is 1.43 Å². The molecule has 0 amide bonds. The van der Waals surface area contributed by atoms with Gasteiger partial charge >= 0.3 is 0 Å². The number of aromatic amines is 1. The summed E-state index contributed by atoms with van der Waals surface area (Å²) >= 11 is 0. The van der Waals surface area contributed by atoms with Gasteiger partial charge in [-0.25, -0.2) is 4.98 Å². The summed E-state index contributed by atoms with van der Waals surface area (Å²) in [7, 11) is 0. The molecule has 1 saturated carbocycles. The van der Waals surface area contributed by atoms with Crippen LogP contribution in [0.1, 0.15) is 28.6 Å². The Hall–Kier alpha value is -1.05. The average Bonchev–Trinajstić information content (AvgIpc) is 2.78. The number of nitrogens with zero attached hydrogens (tertiary/aromatic N) is 1. The molecule has 2 atom stereocenters. The highest BCUT2D eigenvalue weighted by Gasteiger charge is 2.38. The molecular weight excluding hydrogens is 160 g/mol. The van der Waals surface area contributed by atoms with E-state index in [1.54, 1.807) is 6.33 Å². The van der Waals surface area contributed by atoms with Crippen molar-refractivity contribution in [3.05, 3.63) is 17.0 Å². The summed E-state index contributed by atoms with van der Waals surface area (Å²) in [6.07, 6.45) is 5.45. The summed E-state index contributed by atoms with van der Waals surface area (Å²) in [5, 5.41) is 2.44. The van der Waals surface area contributed by atoms with Gasteiger partial charge in [-0.05, 0) is 30.8 Å². The number of imidazole rings is 1. The van der Waals surface area contributed by atoms with Crippen molar-refractivity contribution in [1.29, 1.82) is 0 Å². The van der Waals surface area contributed by atoms with Crippen LogP contribution < -0.4 is 10.7 Å². The quantitative estimate of drug-likeness (QED) is 0.637.